The number of hydrogen-bond acceptors (Lipinski definition) is 6. The van der Waals surface area contributed by atoms with Gasteiger partial charge in [-0.3, -0.25) is 14.9 Å². The van der Waals surface area contributed by atoms with E-state index in [0.717, 1.165) is 34.7 Å². The summed E-state index contributed by atoms with van der Waals surface area (Å²) in [7, 11) is 0. The third-order valence-electron chi connectivity index (χ3n) is 4.20. The van der Waals surface area contributed by atoms with Crippen LogP contribution in [0.25, 0.3) is 0 Å². The van der Waals surface area contributed by atoms with Crippen molar-refractivity contribution in [3.63, 3.8) is 0 Å². The van der Waals surface area contributed by atoms with Crippen LogP contribution in [0, 0.1) is 0 Å². The first-order chi connectivity index (χ1) is 11.7. The molecular weight excluding hydrogens is 346 g/mol. The van der Waals surface area contributed by atoms with Crippen LogP contribution >= 0.6 is 22.7 Å². The van der Waals surface area contributed by atoms with Crippen LogP contribution in [-0.2, 0) is 22.5 Å². The molecule has 0 saturated carbocycles. The lowest BCUT2D eigenvalue weighted by molar-refractivity contribution is -0.124. The Morgan fingerprint density at radius 2 is 2.33 bits per heavy atom. The molecule has 1 unspecified atom stereocenters. The minimum atomic E-state index is -0.358. The standard InChI is InChI=1S/C16H17N3O3S2/c20-14(11-3-1-7-22-11)18-16-17-10-5-6-19(9-13(10)24-16)15(21)12-4-2-8-23-12/h2,4,8,11H,1,3,5-7,9H2,(H,17,18,20). The molecule has 0 radical (unpaired) electrons. The number of amides is 2. The summed E-state index contributed by atoms with van der Waals surface area (Å²) in [5.74, 6) is -0.0564. The number of carbonyl (C=O) groups excluding carboxylic acids is 2. The van der Waals surface area contributed by atoms with E-state index in [1.165, 1.54) is 22.7 Å². The first-order valence-electron chi connectivity index (χ1n) is 7.94. The second-order valence-electron chi connectivity index (χ2n) is 5.83. The van der Waals surface area contributed by atoms with Crippen LogP contribution in [0.15, 0.2) is 17.5 Å². The molecule has 1 saturated heterocycles. The minimum Gasteiger partial charge on any atom is -0.368 e. The normalized spacial score (nSPS) is 20.0. The van der Waals surface area contributed by atoms with Crippen molar-refractivity contribution in [3.05, 3.63) is 33.0 Å². The molecule has 2 amide bonds. The Morgan fingerprint density at radius 3 is 3.08 bits per heavy atom. The van der Waals surface area contributed by atoms with Crippen LogP contribution in [0.1, 0.15) is 33.1 Å². The highest BCUT2D eigenvalue weighted by atomic mass is 32.1. The fourth-order valence-corrected chi connectivity index (χ4v) is 4.67. The fourth-order valence-electron chi connectivity index (χ4n) is 2.95. The average molecular weight is 363 g/mol. The fraction of sp³-hybridized carbons (Fsp3) is 0.438. The minimum absolute atomic E-state index is 0.0639. The highest BCUT2D eigenvalue weighted by Gasteiger charge is 2.28. The maximum Gasteiger partial charge on any atom is 0.264 e. The molecule has 2 aliphatic rings. The molecule has 1 atom stereocenters. The molecule has 4 heterocycles. The topological polar surface area (TPSA) is 71.5 Å². The number of nitrogens with zero attached hydrogens (tertiary/aromatic N) is 2. The number of rotatable bonds is 3. The molecule has 6 nitrogen and oxygen atoms in total. The van der Waals surface area contributed by atoms with Crippen LogP contribution in [0.4, 0.5) is 5.13 Å². The number of carbonyl (C=O) groups is 2. The van der Waals surface area contributed by atoms with E-state index in [4.69, 9.17) is 4.74 Å². The largest absolute Gasteiger partial charge is 0.368 e. The Morgan fingerprint density at radius 1 is 1.42 bits per heavy atom. The lowest BCUT2D eigenvalue weighted by atomic mass is 10.2. The van der Waals surface area contributed by atoms with Crippen molar-refractivity contribution in [1.82, 2.24) is 9.88 Å². The Bertz CT molecular complexity index is 751. The summed E-state index contributed by atoms with van der Waals surface area (Å²) in [5.41, 5.74) is 0.984. The van der Waals surface area contributed by atoms with Gasteiger partial charge in [-0.15, -0.1) is 11.3 Å². The zero-order chi connectivity index (χ0) is 16.5. The Hall–Kier alpha value is -1.77. The second-order valence-corrected chi connectivity index (χ2v) is 7.87. The number of aromatic nitrogens is 1. The lowest BCUT2D eigenvalue weighted by Gasteiger charge is -2.25. The molecule has 2 aromatic rings. The van der Waals surface area contributed by atoms with Crippen molar-refractivity contribution >= 4 is 39.6 Å². The molecule has 24 heavy (non-hydrogen) atoms. The van der Waals surface area contributed by atoms with E-state index in [0.29, 0.717) is 24.8 Å². The Balaban J connectivity index is 1.44. The maximum absolute atomic E-state index is 12.5. The summed E-state index contributed by atoms with van der Waals surface area (Å²) in [6.45, 7) is 1.86. The van der Waals surface area contributed by atoms with Crippen molar-refractivity contribution in [2.45, 2.75) is 31.9 Å². The summed E-state index contributed by atoms with van der Waals surface area (Å²) >= 11 is 2.91. The van der Waals surface area contributed by atoms with Crippen molar-refractivity contribution in [1.29, 1.82) is 0 Å². The quantitative estimate of drug-likeness (QED) is 0.910. The van der Waals surface area contributed by atoms with Gasteiger partial charge in [0.05, 0.1) is 17.1 Å². The van der Waals surface area contributed by atoms with Crippen molar-refractivity contribution < 1.29 is 14.3 Å². The molecular formula is C16H17N3O3S2. The molecule has 2 aromatic heterocycles. The Kier molecular flexibility index (Phi) is 4.34. The molecule has 0 aromatic carbocycles. The number of thiophene rings is 1. The second kappa shape index (κ2) is 6.62. The van der Waals surface area contributed by atoms with E-state index in [1.807, 2.05) is 22.4 Å². The molecule has 0 spiro atoms. The van der Waals surface area contributed by atoms with Crippen LogP contribution in [0.5, 0.6) is 0 Å². The van der Waals surface area contributed by atoms with Gasteiger partial charge in [0, 0.05) is 24.4 Å². The average Bonchev–Trinajstić information content (AvgIpc) is 3.32. The van der Waals surface area contributed by atoms with E-state index in [-0.39, 0.29) is 17.9 Å². The SMILES string of the molecule is O=C(Nc1nc2c(s1)CN(C(=O)c1cccs1)CC2)C1CCCO1. The number of anilines is 1. The molecule has 0 aliphatic carbocycles. The molecule has 4 rings (SSSR count). The maximum atomic E-state index is 12.5. The van der Waals surface area contributed by atoms with E-state index >= 15 is 0 Å². The molecule has 126 valence electrons. The van der Waals surface area contributed by atoms with Gasteiger partial charge in [0.25, 0.3) is 11.8 Å². The number of nitrogens with one attached hydrogen (secondary N) is 1. The monoisotopic (exact) mass is 363 g/mol. The molecule has 0 bridgehead atoms. The van der Waals surface area contributed by atoms with Crippen LogP contribution in [-0.4, -0.2) is 41.0 Å². The number of thiazole rings is 1. The first-order valence-corrected chi connectivity index (χ1v) is 9.64. The van der Waals surface area contributed by atoms with Gasteiger partial charge in [-0.2, -0.15) is 0 Å². The summed E-state index contributed by atoms with van der Waals surface area (Å²) in [6, 6.07) is 3.74. The zero-order valence-corrected chi connectivity index (χ0v) is 14.6. The van der Waals surface area contributed by atoms with Crippen molar-refractivity contribution in [3.8, 4) is 0 Å². The highest BCUT2D eigenvalue weighted by Crippen LogP contribution is 2.30. The Labute approximate surface area is 147 Å². The summed E-state index contributed by atoms with van der Waals surface area (Å²) < 4.78 is 5.39. The van der Waals surface area contributed by atoms with Gasteiger partial charge in [0.1, 0.15) is 6.10 Å². The number of fused-ring (bicyclic) bond motifs is 1. The van der Waals surface area contributed by atoms with E-state index < -0.39 is 0 Å². The molecule has 8 heteroatoms. The highest BCUT2D eigenvalue weighted by molar-refractivity contribution is 7.16. The van der Waals surface area contributed by atoms with Gasteiger partial charge >= 0.3 is 0 Å². The molecule has 1 N–H and O–H groups in total. The van der Waals surface area contributed by atoms with Crippen LogP contribution in [0.3, 0.4) is 0 Å². The number of hydrogen-bond donors (Lipinski definition) is 1. The van der Waals surface area contributed by atoms with Crippen molar-refractivity contribution in [2.24, 2.45) is 0 Å². The van der Waals surface area contributed by atoms with Gasteiger partial charge in [-0.1, -0.05) is 17.4 Å². The predicted molar refractivity (Wildman–Crippen MR) is 92.5 cm³/mol. The lowest BCUT2D eigenvalue weighted by Crippen LogP contribution is -2.35. The van der Waals surface area contributed by atoms with Crippen LogP contribution in [0.2, 0.25) is 0 Å². The molecule has 2 aliphatic heterocycles. The van der Waals surface area contributed by atoms with E-state index in [9.17, 15) is 9.59 Å². The van der Waals surface area contributed by atoms with Gasteiger partial charge in [-0.25, -0.2) is 4.98 Å². The predicted octanol–water partition coefficient (Wildman–Crippen LogP) is 2.52. The zero-order valence-electron chi connectivity index (χ0n) is 13.0. The van der Waals surface area contributed by atoms with Gasteiger partial charge in [-0.05, 0) is 24.3 Å². The van der Waals surface area contributed by atoms with E-state index in [2.05, 4.69) is 10.3 Å². The number of ether oxygens (including phenoxy) is 1. The third kappa shape index (κ3) is 3.09. The van der Waals surface area contributed by atoms with Crippen molar-refractivity contribution in [2.75, 3.05) is 18.5 Å². The molecule has 1 fully saturated rings. The summed E-state index contributed by atoms with van der Waals surface area (Å²) in [6.07, 6.45) is 2.05. The first kappa shape index (κ1) is 15.7. The third-order valence-corrected chi connectivity index (χ3v) is 6.06. The van der Waals surface area contributed by atoms with Gasteiger partial charge < -0.3 is 9.64 Å². The van der Waals surface area contributed by atoms with Gasteiger partial charge in [0.2, 0.25) is 0 Å². The summed E-state index contributed by atoms with van der Waals surface area (Å²) in [4.78, 5) is 32.8. The van der Waals surface area contributed by atoms with Gasteiger partial charge in [0.15, 0.2) is 5.13 Å². The summed E-state index contributed by atoms with van der Waals surface area (Å²) in [5, 5.41) is 5.37. The van der Waals surface area contributed by atoms with E-state index in [1.54, 1.807) is 0 Å². The smallest absolute Gasteiger partial charge is 0.264 e. The van der Waals surface area contributed by atoms with Crippen LogP contribution < -0.4 is 5.32 Å².